The maximum atomic E-state index is 13.1. The zero-order valence-electron chi connectivity index (χ0n) is 19.1. The third kappa shape index (κ3) is 4.34. The number of methoxy groups -OCH3 is 1. The Hall–Kier alpha value is -2.92. The molecule has 3 aromatic rings. The Morgan fingerprint density at radius 3 is 2.33 bits per heavy atom. The van der Waals surface area contributed by atoms with Crippen molar-refractivity contribution in [1.82, 2.24) is 5.32 Å². The van der Waals surface area contributed by atoms with Gasteiger partial charge in [-0.15, -0.1) is 11.3 Å². The average Bonchev–Trinajstić information content (AvgIpc) is 3.15. The van der Waals surface area contributed by atoms with Crippen LogP contribution in [-0.4, -0.2) is 25.0 Å². The van der Waals surface area contributed by atoms with Gasteiger partial charge in [-0.2, -0.15) is 0 Å². The summed E-state index contributed by atoms with van der Waals surface area (Å²) in [6, 6.07) is 19.2. The predicted molar refractivity (Wildman–Crippen MR) is 131 cm³/mol. The average molecular weight is 460 g/mol. The number of nitrogens with one attached hydrogen (secondary N) is 1. The van der Waals surface area contributed by atoms with Gasteiger partial charge in [-0.1, -0.05) is 54.6 Å². The number of thiophene rings is 1. The number of aryl methyl sites for hydroxylation is 1. The van der Waals surface area contributed by atoms with E-state index in [0.717, 1.165) is 48.1 Å². The Morgan fingerprint density at radius 1 is 1.00 bits per heavy atom. The van der Waals surface area contributed by atoms with Crippen LogP contribution in [-0.2, 0) is 16.0 Å². The summed E-state index contributed by atoms with van der Waals surface area (Å²) in [4.78, 5) is 25.9. The van der Waals surface area contributed by atoms with Crippen molar-refractivity contribution in [3.8, 4) is 11.1 Å². The molecule has 0 bridgehead atoms. The third-order valence-electron chi connectivity index (χ3n) is 7.32. The maximum absolute atomic E-state index is 13.1. The Kier molecular flexibility index (Phi) is 5.83. The van der Waals surface area contributed by atoms with E-state index >= 15 is 0 Å². The van der Waals surface area contributed by atoms with Crippen LogP contribution in [0.3, 0.4) is 0 Å². The molecule has 1 aromatic heterocycles. The van der Waals surface area contributed by atoms with Crippen molar-refractivity contribution in [3.05, 3.63) is 81.5 Å². The minimum Gasteiger partial charge on any atom is -0.469 e. The topological polar surface area (TPSA) is 55.4 Å². The minimum absolute atomic E-state index is 0.0355. The molecule has 2 aliphatic rings. The van der Waals surface area contributed by atoms with Gasteiger partial charge in [0.05, 0.1) is 18.6 Å². The van der Waals surface area contributed by atoms with E-state index in [9.17, 15) is 9.59 Å². The monoisotopic (exact) mass is 459 g/mol. The second-order valence-electron chi connectivity index (χ2n) is 9.64. The first kappa shape index (κ1) is 21.9. The Labute approximate surface area is 199 Å². The van der Waals surface area contributed by atoms with Gasteiger partial charge in [0.2, 0.25) is 0 Å². The molecule has 0 atom stereocenters. The number of hydrogen-bond acceptors (Lipinski definition) is 4. The summed E-state index contributed by atoms with van der Waals surface area (Å²) in [6.07, 6.45) is 4.47. The Morgan fingerprint density at radius 2 is 1.67 bits per heavy atom. The summed E-state index contributed by atoms with van der Waals surface area (Å²) in [6.45, 7) is 2.02. The van der Waals surface area contributed by atoms with Gasteiger partial charge < -0.3 is 10.1 Å². The normalized spacial score (nSPS) is 23.5. The first-order chi connectivity index (χ1) is 16.0. The zero-order chi connectivity index (χ0) is 23.0. The van der Waals surface area contributed by atoms with Gasteiger partial charge in [0.25, 0.3) is 5.91 Å². The molecule has 2 aliphatic carbocycles. The SMILES string of the molecule is COC(=O)C1CC2(CC(NC(=O)c3c(Cc4ccc(-c5ccccc5)cc4)csc3C)C2)C1. The first-order valence-corrected chi connectivity index (χ1v) is 12.4. The number of ether oxygens (including phenoxy) is 1. The Balaban J connectivity index is 1.20. The molecule has 33 heavy (non-hydrogen) atoms. The van der Waals surface area contributed by atoms with Gasteiger partial charge in [0.15, 0.2) is 0 Å². The van der Waals surface area contributed by atoms with Gasteiger partial charge >= 0.3 is 5.97 Å². The standard InChI is InChI=1S/C28H29NO3S/c1-18-25(26(30)29-24-15-28(16-24)13-23(14-28)27(31)32-2)22(17-33-18)12-19-8-10-21(11-9-19)20-6-4-3-5-7-20/h3-11,17,23-24H,12-16H2,1-2H3,(H,29,30). The predicted octanol–water partition coefficient (Wildman–Crippen LogP) is 5.78. The molecular weight excluding hydrogens is 430 g/mol. The summed E-state index contributed by atoms with van der Waals surface area (Å²) < 4.78 is 4.85. The van der Waals surface area contributed by atoms with E-state index in [1.165, 1.54) is 23.8 Å². The van der Waals surface area contributed by atoms with Gasteiger partial charge in [0, 0.05) is 10.9 Å². The van der Waals surface area contributed by atoms with E-state index in [-0.39, 0.29) is 29.3 Å². The summed E-state index contributed by atoms with van der Waals surface area (Å²) in [5.74, 6) is -0.0116. The zero-order valence-corrected chi connectivity index (χ0v) is 19.9. The fraction of sp³-hybridized carbons (Fsp3) is 0.357. The lowest BCUT2D eigenvalue weighted by molar-refractivity contribution is -0.159. The molecule has 0 unspecified atom stereocenters. The lowest BCUT2D eigenvalue weighted by atomic mass is 9.50. The summed E-state index contributed by atoms with van der Waals surface area (Å²) >= 11 is 1.64. The molecule has 0 saturated heterocycles. The van der Waals surface area contributed by atoms with Crippen molar-refractivity contribution in [2.45, 2.75) is 45.1 Å². The molecule has 2 aromatic carbocycles. The lowest BCUT2D eigenvalue weighted by Gasteiger charge is -2.56. The van der Waals surface area contributed by atoms with Crippen LogP contribution in [0.25, 0.3) is 11.1 Å². The van der Waals surface area contributed by atoms with Crippen LogP contribution in [0, 0.1) is 18.3 Å². The number of amides is 1. The van der Waals surface area contributed by atoms with Gasteiger partial charge in [-0.25, -0.2) is 0 Å². The van der Waals surface area contributed by atoms with Crippen molar-refractivity contribution >= 4 is 23.2 Å². The highest BCUT2D eigenvalue weighted by Gasteiger charge is 2.55. The van der Waals surface area contributed by atoms with Crippen LogP contribution in [0.2, 0.25) is 0 Å². The molecule has 170 valence electrons. The highest BCUT2D eigenvalue weighted by Crippen LogP contribution is 2.59. The van der Waals surface area contributed by atoms with Crippen LogP contribution in [0.15, 0.2) is 60.0 Å². The third-order valence-corrected chi connectivity index (χ3v) is 8.28. The van der Waals surface area contributed by atoms with Crippen molar-refractivity contribution in [3.63, 3.8) is 0 Å². The van der Waals surface area contributed by atoms with Gasteiger partial charge in [0.1, 0.15) is 0 Å². The largest absolute Gasteiger partial charge is 0.469 e. The second-order valence-corrected chi connectivity index (χ2v) is 10.7. The minimum atomic E-state index is -0.0940. The maximum Gasteiger partial charge on any atom is 0.308 e. The molecule has 0 radical (unpaired) electrons. The van der Waals surface area contributed by atoms with Crippen LogP contribution >= 0.6 is 11.3 Å². The van der Waals surface area contributed by atoms with E-state index in [2.05, 4.69) is 59.2 Å². The quantitative estimate of drug-likeness (QED) is 0.476. The van der Waals surface area contributed by atoms with E-state index in [1.807, 2.05) is 13.0 Å². The second kappa shape index (κ2) is 8.79. The summed E-state index contributed by atoms with van der Waals surface area (Å²) in [5.41, 5.74) is 5.76. The number of benzene rings is 2. The highest BCUT2D eigenvalue weighted by molar-refractivity contribution is 7.10. The van der Waals surface area contributed by atoms with Crippen LogP contribution in [0.4, 0.5) is 0 Å². The summed E-state index contributed by atoms with van der Waals surface area (Å²) in [5, 5.41) is 5.36. The van der Waals surface area contributed by atoms with Gasteiger partial charge in [-0.05, 0) is 72.1 Å². The fourth-order valence-electron chi connectivity index (χ4n) is 5.60. The number of rotatable bonds is 6. The molecule has 1 amide bonds. The molecule has 4 nitrogen and oxygen atoms in total. The highest BCUT2D eigenvalue weighted by atomic mass is 32.1. The molecule has 1 heterocycles. The van der Waals surface area contributed by atoms with E-state index < -0.39 is 0 Å². The molecule has 2 saturated carbocycles. The van der Waals surface area contributed by atoms with Crippen molar-refractivity contribution < 1.29 is 14.3 Å². The van der Waals surface area contributed by atoms with Crippen molar-refractivity contribution in [1.29, 1.82) is 0 Å². The van der Waals surface area contributed by atoms with E-state index in [0.29, 0.717) is 0 Å². The van der Waals surface area contributed by atoms with Crippen molar-refractivity contribution in [2.75, 3.05) is 7.11 Å². The molecule has 2 fully saturated rings. The smallest absolute Gasteiger partial charge is 0.308 e. The van der Waals surface area contributed by atoms with Crippen LogP contribution in [0.1, 0.15) is 52.0 Å². The number of carbonyl (C=O) groups is 2. The molecule has 1 spiro atoms. The van der Waals surface area contributed by atoms with Crippen LogP contribution in [0.5, 0.6) is 0 Å². The number of esters is 1. The molecular formula is C28H29NO3S. The molecule has 0 aliphatic heterocycles. The molecule has 5 heteroatoms. The number of hydrogen-bond donors (Lipinski definition) is 1. The Bertz CT molecular complexity index is 1150. The lowest BCUT2D eigenvalue weighted by Crippen LogP contribution is -2.57. The molecule has 1 N–H and O–H groups in total. The first-order valence-electron chi connectivity index (χ1n) is 11.6. The van der Waals surface area contributed by atoms with Crippen LogP contribution < -0.4 is 5.32 Å². The number of carbonyl (C=O) groups excluding carboxylic acids is 2. The van der Waals surface area contributed by atoms with Gasteiger partial charge in [-0.3, -0.25) is 9.59 Å². The van der Waals surface area contributed by atoms with Crippen molar-refractivity contribution in [2.24, 2.45) is 11.3 Å². The van der Waals surface area contributed by atoms with E-state index in [4.69, 9.17) is 4.74 Å². The molecule has 5 rings (SSSR count). The summed E-state index contributed by atoms with van der Waals surface area (Å²) in [7, 11) is 1.45. The fourth-order valence-corrected chi connectivity index (χ4v) is 6.46. The van der Waals surface area contributed by atoms with E-state index in [1.54, 1.807) is 11.3 Å².